The maximum atomic E-state index is 11.9. The van der Waals surface area contributed by atoms with Crippen molar-refractivity contribution in [1.29, 1.82) is 0 Å². The lowest BCUT2D eigenvalue weighted by atomic mass is 9.99. The van der Waals surface area contributed by atoms with Gasteiger partial charge in [0.15, 0.2) is 5.96 Å². The number of rotatable bonds is 5. The number of nitrogens with one attached hydrogen (secondary N) is 1. The van der Waals surface area contributed by atoms with Gasteiger partial charge in [-0.2, -0.15) is 0 Å². The summed E-state index contributed by atoms with van der Waals surface area (Å²) in [7, 11) is 1.42. The van der Waals surface area contributed by atoms with E-state index in [4.69, 9.17) is 16.3 Å². The summed E-state index contributed by atoms with van der Waals surface area (Å²) >= 11 is 5.87. The van der Waals surface area contributed by atoms with Crippen LogP contribution in [0, 0.1) is 11.8 Å². The standard InChI is InChI=1S/C18H26ClN3O3/c1-4-20-18(22-10-12(2)15(11-22)17(24)25-3)21-9-16(23)13-5-7-14(19)8-6-13/h5-8,12,15-16,23H,4,9-11H2,1-3H3,(H,20,21). The van der Waals surface area contributed by atoms with Crippen LogP contribution in [0.3, 0.4) is 0 Å². The monoisotopic (exact) mass is 367 g/mol. The molecule has 1 saturated heterocycles. The minimum Gasteiger partial charge on any atom is -0.469 e. The fraction of sp³-hybridized carbons (Fsp3) is 0.556. The number of hydrogen-bond acceptors (Lipinski definition) is 4. The van der Waals surface area contributed by atoms with E-state index in [1.165, 1.54) is 7.11 Å². The summed E-state index contributed by atoms with van der Waals surface area (Å²) < 4.78 is 4.88. The van der Waals surface area contributed by atoms with Crippen LogP contribution in [0.25, 0.3) is 0 Å². The Morgan fingerprint density at radius 3 is 2.72 bits per heavy atom. The molecule has 1 aliphatic rings. The van der Waals surface area contributed by atoms with E-state index in [1.54, 1.807) is 24.3 Å². The van der Waals surface area contributed by atoms with E-state index >= 15 is 0 Å². The van der Waals surface area contributed by atoms with Crippen LogP contribution in [0.5, 0.6) is 0 Å². The first-order valence-electron chi connectivity index (χ1n) is 8.50. The van der Waals surface area contributed by atoms with E-state index in [1.807, 2.05) is 18.7 Å². The molecule has 1 heterocycles. The Hall–Kier alpha value is -1.79. The summed E-state index contributed by atoms with van der Waals surface area (Å²) in [6, 6.07) is 7.08. The molecule has 25 heavy (non-hydrogen) atoms. The number of methoxy groups -OCH3 is 1. The maximum Gasteiger partial charge on any atom is 0.310 e. The van der Waals surface area contributed by atoms with Gasteiger partial charge in [0.2, 0.25) is 0 Å². The fourth-order valence-corrected chi connectivity index (χ4v) is 3.11. The van der Waals surface area contributed by atoms with Gasteiger partial charge in [0, 0.05) is 24.7 Å². The number of aliphatic imine (C=N–C) groups is 1. The molecule has 0 amide bonds. The molecular weight excluding hydrogens is 342 g/mol. The Morgan fingerprint density at radius 2 is 2.12 bits per heavy atom. The highest BCUT2D eigenvalue weighted by atomic mass is 35.5. The Morgan fingerprint density at radius 1 is 1.44 bits per heavy atom. The summed E-state index contributed by atoms with van der Waals surface area (Å²) in [5, 5.41) is 14.2. The quantitative estimate of drug-likeness (QED) is 0.473. The van der Waals surface area contributed by atoms with Gasteiger partial charge in [-0.3, -0.25) is 9.79 Å². The number of ether oxygens (including phenoxy) is 1. The molecule has 1 aromatic carbocycles. The molecule has 2 N–H and O–H groups in total. The second-order valence-corrected chi connectivity index (χ2v) is 6.71. The lowest BCUT2D eigenvalue weighted by molar-refractivity contribution is -0.145. The van der Waals surface area contributed by atoms with Gasteiger partial charge in [-0.25, -0.2) is 0 Å². The molecule has 2 rings (SSSR count). The molecule has 138 valence electrons. The van der Waals surface area contributed by atoms with Crippen LogP contribution < -0.4 is 5.32 Å². The van der Waals surface area contributed by atoms with Gasteiger partial charge in [-0.15, -0.1) is 0 Å². The summed E-state index contributed by atoms with van der Waals surface area (Å²) in [6.45, 7) is 6.26. The number of likely N-dealkylation sites (tertiary alicyclic amines) is 1. The van der Waals surface area contributed by atoms with Crippen LogP contribution in [0.1, 0.15) is 25.5 Å². The summed E-state index contributed by atoms with van der Waals surface area (Å²) in [5.74, 6) is 0.549. The Bertz CT molecular complexity index is 606. The Kier molecular flexibility index (Phi) is 7.08. The van der Waals surface area contributed by atoms with Crippen LogP contribution in [-0.4, -0.2) is 55.2 Å². The molecule has 0 bridgehead atoms. The smallest absolute Gasteiger partial charge is 0.310 e. The average molecular weight is 368 g/mol. The van der Waals surface area contributed by atoms with Crippen molar-refractivity contribution in [2.75, 3.05) is 33.3 Å². The number of carbonyl (C=O) groups excluding carboxylic acids is 1. The number of halogens is 1. The van der Waals surface area contributed by atoms with Gasteiger partial charge in [0.1, 0.15) is 0 Å². The summed E-state index contributed by atoms with van der Waals surface area (Å²) in [4.78, 5) is 18.5. The average Bonchev–Trinajstić information content (AvgIpc) is 2.99. The van der Waals surface area contributed by atoms with Gasteiger partial charge in [0.25, 0.3) is 0 Å². The number of esters is 1. The predicted molar refractivity (Wildman–Crippen MR) is 98.6 cm³/mol. The zero-order chi connectivity index (χ0) is 18.4. The van der Waals surface area contributed by atoms with Gasteiger partial charge in [-0.05, 0) is 30.5 Å². The number of aliphatic hydroxyl groups excluding tert-OH is 1. The van der Waals surface area contributed by atoms with Crippen molar-refractivity contribution >= 4 is 23.5 Å². The van der Waals surface area contributed by atoms with Crippen molar-refractivity contribution in [3.05, 3.63) is 34.9 Å². The largest absolute Gasteiger partial charge is 0.469 e. The molecule has 7 heteroatoms. The number of aliphatic hydroxyl groups is 1. The van der Waals surface area contributed by atoms with Gasteiger partial charge < -0.3 is 20.1 Å². The van der Waals surface area contributed by atoms with Crippen molar-refractivity contribution in [2.24, 2.45) is 16.8 Å². The number of nitrogens with zero attached hydrogens (tertiary/aromatic N) is 2. The summed E-state index contributed by atoms with van der Waals surface area (Å²) in [5.41, 5.74) is 0.770. The third kappa shape index (κ3) is 5.09. The first kappa shape index (κ1) is 19.5. The second-order valence-electron chi connectivity index (χ2n) is 6.27. The molecular formula is C18H26ClN3O3. The van der Waals surface area contributed by atoms with E-state index in [9.17, 15) is 9.90 Å². The number of hydrogen-bond donors (Lipinski definition) is 2. The third-order valence-electron chi connectivity index (χ3n) is 4.42. The lowest BCUT2D eigenvalue weighted by Gasteiger charge is -2.22. The highest BCUT2D eigenvalue weighted by Gasteiger charge is 2.36. The first-order chi connectivity index (χ1) is 12.0. The van der Waals surface area contributed by atoms with Gasteiger partial charge >= 0.3 is 5.97 Å². The van der Waals surface area contributed by atoms with Crippen LogP contribution in [0.4, 0.5) is 0 Å². The van der Waals surface area contributed by atoms with E-state index in [0.29, 0.717) is 24.1 Å². The minimum absolute atomic E-state index is 0.157. The second kappa shape index (κ2) is 9.06. The van der Waals surface area contributed by atoms with Crippen molar-refractivity contribution in [3.63, 3.8) is 0 Å². The fourth-order valence-electron chi connectivity index (χ4n) is 2.99. The molecule has 3 unspecified atom stereocenters. The van der Waals surface area contributed by atoms with Crippen molar-refractivity contribution in [1.82, 2.24) is 10.2 Å². The highest BCUT2D eigenvalue weighted by Crippen LogP contribution is 2.24. The zero-order valence-electron chi connectivity index (χ0n) is 14.9. The van der Waals surface area contributed by atoms with Crippen LogP contribution in [0.2, 0.25) is 5.02 Å². The number of guanidine groups is 1. The van der Waals surface area contributed by atoms with Crippen LogP contribution in [0.15, 0.2) is 29.3 Å². The van der Waals surface area contributed by atoms with E-state index < -0.39 is 6.10 Å². The molecule has 0 spiro atoms. The molecule has 0 saturated carbocycles. The SMILES string of the molecule is CCNC(=NCC(O)c1ccc(Cl)cc1)N1CC(C)C(C(=O)OC)C1. The predicted octanol–water partition coefficient (Wildman–Crippen LogP) is 2.08. The third-order valence-corrected chi connectivity index (χ3v) is 4.67. The molecule has 1 fully saturated rings. The van der Waals surface area contributed by atoms with Gasteiger partial charge in [0.05, 0.1) is 25.7 Å². The highest BCUT2D eigenvalue weighted by molar-refractivity contribution is 6.30. The van der Waals surface area contributed by atoms with E-state index in [0.717, 1.165) is 12.1 Å². The van der Waals surface area contributed by atoms with Crippen molar-refractivity contribution in [3.8, 4) is 0 Å². The zero-order valence-corrected chi connectivity index (χ0v) is 15.7. The molecule has 0 radical (unpaired) electrons. The first-order valence-corrected chi connectivity index (χ1v) is 8.88. The van der Waals surface area contributed by atoms with Crippen molar-refractivity contribution in [2.45, 2.75) is 20.0 Å². The van der Waals surface area contributed by atoms with Crippen LogP contribution >= 0.6 is 11.6 Å². The lowest BCUT2D eigenvalue weighted by Crippen LogP contribution is -2.41. The van der Waals surface area contributed by atoms with E-state index in [-0.39, 0.29) is 24.3 Å². The Balaban J connectivity index is 2.05. The molecule has 0 aliphatic carbocycles. The number of benzene rings is 1. The maximum absolute atomic E-state index is 11.9. The topological polar surface area (TPSA) is 74.2 Å². The molecule has 3 atom stereocenters. The van der Waals surface area contributed by atoms with Crippen LogP contribution in [-0.2, 0) is 9.53 Å². The normalized spacial score (nSPS) is 22.0. The molecule has 0 aromatic heterocycles. The van der Waals surface area contributed by atoms with Gasteiger partial charge in [-0.1, -0.05) is 30.7 Å². The molecule has 1 aromatic rings. The van der Waals surface area contributed by atoms with E-state index in [2.05, 4.69) is 10.3 Å². The minimum atomic E-state index is -0.706. The number of carbonyl (C=O) groups is 1. The van der Waals surface area contributed by atoms with Crippen molar-refractivity contribution < 1.29 is 14.6 Å². The molecule has 1 aliphatic heterocycles. The Labute approximate surface area is 153 Å². The summed E-state index contributed by atoms with van der Waals surface area (Å²) in [6.07, 6.45) is -0.706. The molecule has 6 nitrogen and oxygen atoms in total.